The molecule has 1 aliphatic heterocycles. The predicted octanol–water partition coefficient (Wildman–Crippen LogP) is 4.91. The lowest BCUT2D eigenvalue weighted by Crippen LogP contribution is -2.57. The largest absolute Gasteiger partial charge is 0.376 e. The van der Waals surface area contributed by atoms with Crippen molar-refractivity contribution in [1.29, 1.82) is 0 Å². The Morgan fingerprint density at radius 2 is 2.07 bits per heavy atom. The van der Waals surface area contributed by atoms with Gasteiger partial charge in [-0.05, 0) is 31.8 Å². The quantitative estimate of drug-likeness (QED) is 0.622. The molecule has 0 amide bonds. The molecule has 0 aliphatic carbocycles. The Morgan fingerprint density at radius 1 is 1.33 bits per heavy atom. The minimum atomic E-state index is 0.336. The van der Waals surface area contributed by atoms with Crippen molar-refractivity contribution < 1.29 is 0 Å². The fraction of sp³-hybridized carbons (Fsp3) is 0.500. The Labute approximate surface area is 170 Å². The van der Waals surface area contributed by atoms with Gasteiger partial charge in [-0.3, -0.25) is 0 Å². The van der Waals surface area contributed by atoms with Crippen LogP contribution in [0, 0.1) is 0 Å². The van der Waals surface area contributed by atoms with Crippen LogP contribution in [0.3, 0.4) is 0 Å². The molecule has 0 radical (unpaired) electrons. The van der Waals surface area contributed by atoms with Gasteiger partial charge < -0.3 is 15.2 Å². The zero-order chi connectivity index (χ0) is 19.6. The number of halogens is 1. The molecule has 1 fully saturated rings. The van der Waals surface area contributed by atoms with Crippen LogP contribution in [0.2, 0.25) is 5.15 Å². The molecule has 1 aliphatic rings. The second-order valence-corrected chi connectivity index (χ2v) is 8.42. The maximum absolute atomic E-state index is 6.12. The summed E-state index contributed by atoms with van der Waals surface area (Å²) >= 11 is 7.88. The number of aryl methyl sites for hydroxylation is 2. The molecule has 7 heteroatoms. The summed E-state index contributed by atoms with van der Waals surface area (Å²) in [5.74, 6) is 0.718. The summed E-state index contributed by atoms with van der Waals surface area (Å²) in [6, 6.07) is 0.336. The summed E-state index contributed by atoms with van der Waals surface area (Å²) < 4.78 is 0. The van der Waals surface area contributed by atoms with Gasteiger partial charge in [0, 0.05) is 13.1 Å². The highest BCUT2D eigenvalue weighted by Gasteiger charge is 2.30. The fourth-order valence-corrected chi connectivity index (χ4v) is 4.45. The molecule has 2 aromatic heterocycles. The summed E-state index contributed by atoms with van der Waals surface area (Å²) in [5.41, 5.74) is 4.03. The molecule has 5 nitrogen and oxygen atoms in total. The lowest BCUT2D eigenvalue weighted by Gasteiger charge is -2.40. The van der Waals surface area contributed by atoms with E-state index in [0.29, 0.717) is 11.2 Å². The van der Waals surface area contributed by atoms with Gasteiger partial charge in [0.15, 0.2) is 16.1 Å². The van der Waals surface area contributed by atoms with Crippen molar-refractivity contribution in [2.75, 3.05) is 18.0 Å². The highest BCUT2D eigenvalue weighted by molar-refractivity contribution is 7.16. The minimum Gasteiger partial charge on any atom is -0.376 e. The van der Waals surface area contributed by atoms with Gasteiger partial charge in [0.25, 0.3) is 0 Å². The van der Waals surface area contributed by atoms with E-state index in [1.54, 1.807) is 11.3 Å². The van der Waals surface area contributed by atoms with Crippen molar-refractivity contribution in [3.8, 4) is 0 Å². The van der Waals surface area contributed by atoms with Gasteiger partial charge in [-0.1, -0.05) is 56.4 Å². The number of hydrogen-bond acceptors (Lipinski definition) is 5. The monoisotopic (exact) mass is 405 g/mol. The van der Waals surface area contributed by atoms with E-state index in [1.165, 1.54) is 23.4 Å². The molecule has 0 aromatic carbocycles. The van der Waals surface area contributed by atoms with E-state index in [9.17, 15) is 0 Å². The van der Waals surface area contributed by atoms with Crippen molar-refractivity contribution in [2.45, 2.75) is 52.5 Å². The molecule has 2 N–H and O–H groups in total. The Hall–Kier alpha value is -1.79. The molecule has 146 valence electrons. The number of nitrogens with one attached hydrogen (secondary N) is 2. The Morgan fingerprint density at radius 3 is 2.67 bits per heavy atom. The third kappa shape index (κ3) is 4.38. The SMILES string of the molecule is C=C(NC1CN(c2nc(CCCC)c(C(=C)C)s2)C1)c1nc(Cl)c(CC)[nH]1. The van der Waals surface area contributed by atoms with Gasteiger partial charge in [0.05, 0.1) is 28.0 Å². The van der Waals surface area contributed by atoms with E-state index in [1.807, 2.05) is 6.92 Å². The first kappa shape index (κ1) is 20.0. The van der Waals surface area contributed by atoms with E-state index in [4.69, 9.17) is 16.6 Å². The zero-order valence-electron chi connectivity index (χ0n) is 16.4. The van der Waals surface area contributed by atoms with Gasteiger partial charge in [0.2, 0.25) is 0 Å². The summed E-state index contributed by atoms with van der Waals surface area (Å²) in [7, 11) is 0. The van der Waals surface area contributed by atoms with E-state index < -0.39 is 0 Å². The summed E-state index contributed by atoms with van der Waals surface area (Å²) in [4.78, 5) is 16.0. The van der Waals surface area contributed by atoms with Crippen LogP contribution in [-0.4, -0.2) is 34.1 Å². The van der Waals surface area contributed by atoms with Crippen LogP contribution in [-0.2, 0) is 12.8 Å². The first-order valence-corrected chi connectivity index (χ1v) is 10.7. The molecular weight excluding hydrogens is 378 g/mol. The number of aromatic amines is 1. The van der Waals surface area contributed by atoms with E-state index in [0.717, 1.165) is 53.9 Å². The van der Waals surface area contributed by atoms with Gasteiger partial charge >= 0.3 is 0 Å². The lowest BCUT2D eigenvalue weighted by atomic mass is 10.1. The number of thiazole rings is 1. The Kier molecular flexibility index (Phi) is 6.27. The number of allylic oxidation sites excluding steroid dienone is 1. The van der Waals surface area contributed by atoms with Crippen LogP contribution in [0.5, 0.6) is 0 Å². The number of imidazole rings is 1. The van der Waals surface area contributed by atoms with Crippen LogP contribution in [0.15, 0.2) is 13.2 Å². The second kappa shape index (κ2) is 8.48. The molecule has 0 spiro atoms. The van der Waals surface area contributed by atoms with Crippen molar-refractivity contribution in [2.24, 2.45) is 0 Å². The summed E-state index contributed by atoms with van der Waals surface area (Å²) in [6.07, 6.45) is 4.20. The molecule has 0 bridgehead atoms. The van der Waals surface area contributed by atoms with Crippen LogP contribution in [0.1, 0.15) is 55.7 Å². The van der Waals surface area contributed by atoms with Crippen LogP contribution in [0.4, 0.5) is 5.13 Å². The van der Waals surface area contributed by atoms with Gasteiger partial charge in [-0.2, -0.15) is 0 Å². The number of aromatic nitrogens is 3. The zero-order valence-corrected chi connectivity index (χ0v) is 17.9. The number of unbranched alkanes of at least 4 members (excludes halogenated alkanes) is 1. The summed E-state index contributed by atoms with van der Waals surface area (Å²) in [6.45, 7) is 16.4. The predicted molar refractivity (Wildman–Crippen MR) is 117 cm³/mol. The number of nitrogens with zero attached hydrogens (tertiary/aromatic N) is 3. The number of H-pyrrole nitrogens is 1. The maximum atomic E-state index is 6.12. The topological polar surface area (TPSA) is 56.8 Å². The van der Waals surface area contributed by atoms with Crippen LogP contribution >= 0.6 is 22.9 Å². The van der Waals surface area contributed by atoms with Gasteiger partial charge in [0.1, 0.15) is 0 Å². The molecule has 3 heterocycles. The third-order valence-corrected chi connectivity index (χ3v) is 6.37. The van der Waals surface area contributed by atoms with Gasteiger partial charge in [-0.25, -0.2) is 9.97 Å². The molecule has 2 aromatic rings. The molecule has 1 saturated heterocycles. The fourth-order valence-electron chi connectivity index (χ4n) is 3.13. The number of anilines is 1. The molecule has 0 atom stereocenters. The first-order chi connectivity index (χ1) is 12.9. The van der Waals surface area contributed by atoms with Crippen molar-refractivity contribution >= 4 is 39.3 Å². The summed E-state index contributed by atoms with van der Waals surface area (Å²) in [5, 5.41) is 5.07. The Balaban J connectivity index is 1.58. The smallest absolute Gasteiger partial charge is 0.186 e. The average Bonchev–Trinajstić information content (AvgIpc) is 3.19. The molecular formula is C20H28ClN5S. The molecule has 0 saturated carbocycles. The van der Waals surface area contributed by atoms with Crippen LogP contribution < -0.4 is 10.2 Å². The average molecular weight is 406 g/mol. The van der Waals surface area contributed by atoms with E-state index >= 15 is 0 Å². The minimum absolute atomic E-state index is 0.336. The Bertz CT molecular complexity index is 832. The van der Waals surface area contributed by atoms with Crippen LogP contribution in [0.25, 0.3) is 11.3 Å². The molecule has 0 unspecified atom stereocenters. The highest BCUT2D eigenvalue weighted by Crippen LogP contribution is 2.34. The molecule has 3 rings (SSSR count). The normalized spacial score (nSPS) is 14.3. The van der Waals surface area contributed by atoms with Crippen molar-refractivity contribution in [3.05, 3.63) is 40.4 Å². The standard InChI is InChI=1S/C20H28ClN5S/c1-6-8-9-16-17(12(3)4)27-20(24-16)26-10-14(11-26)22-13(5)19-23-15(7-2)18(21)25-19/h14,22H,3,5-11H2,1-2,4H3,(H,23,25). The lowest BCUT2D eigenvalue weighted by molar-refractivity contribution is 0.470. The maximum Gasteiger partial charge on any atom is 0.186 e. The first-order valence-electron chi connectivity index (χ1n) is 9.53. The van der Waals surface area contributed by atoms with Crippen molar-refractivity contribution in [1.82, 2.24) is 20.3 Å². The highest BCUT2D eigenvalue weighted by atomic mass is 35.5. The van der Waals surface area contributed by atoms with E-state index in [-0.39, 0.29) is 0 Å². The third-order valence-electron chi connectivity index (χ3n) is 4.74. The number of hydrogen-bond donors (Lipinski definition) is 2. The van der Waals surface area contributed by atoms with E-state index in [2.05, 4.69) is 47.2 Å². The van der Waals surface area contributed by atoms with Crippen molar-refractivity contribution in [3.63, 3.8) is 0 Å². The number of rotatable bonds is 9. The molecule has 27 heavy (non-hydrogen) atoms. The second-order valence-electron chi connectivity index (χ2n) is 7.09. The van der Waals surface area contributed by atoms with Gasteiger partial charge in [-0.15, -0.1) is 0 Å².